The van der Waals surface area contributed by atoms with Gasteiger partial charge < -0.3 is 21.3 Å². The van der Waals surface area contributed by atoms with Crippen molar-refractivity contribution < 1.29 is 31.6 Å². The Bertz CT molecular complexity index is 1760. The van der Waals surface area contributed by atoms with E-state index in [0.717, 1.165) is 16.0 Å². The zero-order valence-corrected chi connectivity index (χ0v) is 24.8. The zero-order valence-electron chi connectivity index (χ0n) is 23.2. The molecule has 2 aliphatic rings. The minimum atomic E-state index is -3.59. The summed E-state index contributed by atoms with van der Waals surface area (Å²) in [5, 5.41) is 13.5. The van der Waals surface area contributed by atoms with E-state index in [1.807, 2.05) is 0 Å². The van der Waals surface area contributed by atoms with Crippen LogP contribution in [0.15, 0.2) is 53.9 Å². The molecule has 3 aromatic rings. The molecule has 2 heterocycles. The second-order valence-electron chi connectivity index (χ2n) is 10.7. The average molecular weight is 630 g/mol. The van der Waals surface area contributed by atoms with Gasteiger partial charge in [-0.2, -0.15) is 8.78 Å². The molecule has 1 aliphatic heterocycles. The van der Waals surface area contributed by atoms with Gasteiger partial charge >= 0.3 is 0 Å². The number of carbonyl (C=O) groups is 3. The molecule has 0 unspecified atom stereocenters. The standard InChI is InChI=1S/C29H29F2N5O5S2/c1-15(24-10-17(14-42-24)26(32)33)35-28(39)23-11-18(43(2,40)41)13-36(23)25(37)12-34-27(38)16-7-8-22-20(9-16)19-5-3-4-6-21(19)29(22,30)31/h3-10,14-15,18,23H,11-13H2,1-2H3,(H3,32,33)(H,34,38)(H,35,39)/t15-,18-,23+/m1/s1. The maximum absolute atomic E-state index is 14.9. The minimum Gasteiger partial charge on any atom is -0.384 e. The third kappa shape index (κ3) is 5.76. The molecule has 0 radical (unpaired) electrons. The third-order valence-electron chi connectivity index (χ3n) is 7.78. The van der Waals surface area contributed by atoms with Crippen molar-refractivity contribution in [2.24, 2.45) is 5.73 Å². The summed E-state index contributed by atoms with van der Waals surface area (Å²) in [7, 11) is -3.59. The number of hydrogen-bond acceptors (Lipinski definition) is 7. The number of rotatable bonds is 8. The highest BCUT2D eigenvalue weighted by atomic mass is 32.2. The second kappa shape index (κ2) is 11.2. The van der Waals surface area contributed by atoms with Gasteiger partial charge in [0.15, 0.2) is 9.84 Å². The molecule has 0 saturated carbocycles. The van der Waals surface area contributed by atoms with Gasteiger partial charge in [-0.3, -0.25) is 19.8 Å². The van der Waals surface area contributed by atoms with Crippen LogP contribution in [0, 0.1) is 5.41 Å². The van der Waals surface area contributed by atoms with Crippen molar-refractivity contribution in [1.29, 1.82) is 5.41 Å². The lowest BCUT2D eigenvalue weighted by Crippen LogP contribution is -2.49. The van der Waals surface area contributed by atoms with Crippen LogP contribution in [-0.2, 0) is 25.3 Å². The van der Waals surface area contributed by atoms with Crippen LogP contribution in [0.2, 0.25) is 0 Å². The summed E-state index contributed by atoms with van der Waals surface area (Å²) in [6, 6.07) is 9.91. The smallest absolute Gasteiger partial charge is 0.299 e. The number of nitrogens with one attached hydrogen (secondary N) is 3. The van der Waals surface area contributed by atoms with Gasteiger partial charge in [-0.1, -0.05) is 30.3 Å². The summed E-state index contributed by atoms with van der Waals surface area (Å²) in [5.74, 6) is -5.23. The number of halogens is 2. The Labute approximate surface area is 250 Å². The quantitative estimate of drug-likeness (QED) is 0.221. The molecule has 5 rings (SSSR count). The first-order chi connectivity index (χ1) is 20.2. The van der Waals surface area contributed by atoms with E-state index >= 15 is 0 Å². The number of benzene rings is 2. The molecule has 1 saturated heterocycles. The number of carbonyl (C=O) groups excluding carboxylic acids is 3. The van der Waals surface area contributed by atoms with Gasteiger partial charge in [0.25, 0.3) is 11.8 Å². The summed E-state index contributed by atoms with van der Waals surface area (Å²) in [5.41, 5.74) is 6.27. The van der Waals surface area contributed by atoms with E-state index in [-0.39, 0.29) is 41.1 Å². The van der Waals surface area contributed by atoms with E-state index in [4.69, 9.17) is 11.1 Å². The number of nitrogens with zero attached hydrogens (tertiary/aromatic N) is 1. The molecule has 3 amide bonds. The molecule has 10 nitrogen and oxygen atoms in total. The molecule has 226 valence electrons. The van der Waals surface area contributed by atoms with Gasteiger partial charge in [-0.05, 0) is 42.7 Å². The number of thiophene rings is 1. The molecule has 1 fully saturated rings. The fourth-order valence-electron chi connectivity index (χ4n) is 5.41. The topological polar surface area (TPSA) is 163 Å². The van der Waals surface area contributed by atoms with E-state index in [1.165, 1.54) is 41.7 Å². The van der Waals surface area contributed by atoms with Gasteiger partial charge in [-0.15, -0.1) is 11.3 Å². The van der Waals surface area contributed by atoms with Crippen molar-refractivity contribution in [3.05, 3.63) is 81.0 Å². The number of amidine groups is 1. The minimum absolute atomic E-state index is 0.0680. The number of amides is 3. The molecule has 0 bridgehead atoms. The van der Waals surface area contributed by atoms with E-state index < -0.39 is 57.4 Å². The Hall–Kier alpha value is -4.17. The van der Waals surface area contributed by atoms with Gasteiger partial charge in [0.2, 0.25) is 11.8 Å². The van der Waals surface area contributed by atoms with Gasteiger partial charge in [0, 0.05) is 45.3 Å². The number of hydrogen-bond donors (Lipinski definition) is 4. The number of sulfone groups is 1. The van der Waals surface area contributed by atoms with Gasteiger partial charge in [0.1, 0.15) is 11.9 Å². The van der Waals surface area contributed by atoms with Crippen LogP contribution in [0.3, 0.4) is 0 Å². The highest BCUT2D eigenvalue weighted by Crippen LogP contribution is 2.50. The van der Waals surface area contributed by atoms with E-state index in [0.29, 0.717) is 11.1 Å². The fraction of sp³-hybridized carbons (Fsp3) is 0.310. The Balaban J connectivity index is 1.29. The van der Waals surface area contributed by atoms with Crippen molar-refractivity contribution in [2.75, 3.05) is 19.3 Å². The molecule has 0 spiro atoms. The summed E-state index contributed by atoms with van der Waals surface area (Å²) < 4.78 is 54.4. The fourth-order valence-corrected chi connectivity index (χ4v) is 7.29. The van der Waals surface area contributed by atoms with Gasteiger partial charge in [-0.25, -0.2) is 8.42 Å². The Morgan fingerprint density at radius 1 is 1.12 bits per heavy atom. The van der Waals surface area contributed by atoms with Crippen LogP contribution in [-0.4, -0.2) is 67.5 Å². The van der Waals surface area contributed by atoms with Crippen molar-refractivity contribution in [3.8, 4) is 11.1 Å². The summed E-state index contributed by atoms with van der Waals surface area (Å²) in [6.07, 6.45) is 0.925. The molecule has 1 aliphatic carbocycles. The summed E-state index contributed by atoms with van der Waals surface area (Å²) in [4.78, 5) is 41.3. The molecule has 43 heavy (non-hydrogen) atoms. The normalized spacial score (nSPS) is 19.3. The average Bonchev–Trinajstić information content (AvgIpc) is 3.68. The second-order valence-corrected chi connectivity index (χ2v) is 14.0. The number of likely N-dealkylation sites (tertiary alicyclic amines) is 1. The highest BCUT2D eigenvalue weighted by molar-refractivity contribution is 7.91. The molecule has 5 N–H and O–H groups in total. The molecule has 3 atom stereocenters. The molecular weight excluding hydrogens is 600 g/mol. The summed E-state index contributed by atoms with van der Waals surface area (Å²) in [6.45, 7) is 0.956. The number of nitrogen functional groups attached to an aromatic ring is 1. The van der Waals surface area contributed by atoms with Crippen LogP contribution in [0.4, 0.5) is 8.78 Å². The lowest BCUT2D eigenvalue weighted by molar-refractivity contribution is -0.137. The first-order valence-corrected chi connectivity index (χ1v) is 16.1. The first kappa shape index (κ1) is 30.3. The van der Waals surface area contributed by atoms with Crippen molar-refractivity contribution in [1.82, 2.24) is 15.5 Å². The van der Waals surface area contributed by atoms with Gasteiger partial charge in [0.05, 0.1) is 17.8 Å². The maximum Gasteiger partial charge on any atom is 0.299 e. The monoisotopic (exact) mass is 629 g/mol. The Morgan fingerprint density at radius 3 is 2.49 bits per heavy atom. The molecule has 2 aromatic carbocycles. The van der Waals surface area contributed by atoms with E-state index in [9.17, 15) is 31.6 Å². The number of nitrogens with two attached hydrogens (primary N) is 1. The van der Waals surface area contributed by atoms with Crippen molar-refractivity contribution in [3.63, 3.8) is 0 Å². The zero-order chi connectivity index (χ0) is 31.3. The molecule has 14 heteroatoms. The lowest BCUT2D eigenvalue weighted by atomic mass is 10.0. The van der Waals surface area contributed by atoms with Crippen LogP contribution in [0.5, 0.6) is 0 Å². The first-order valence-electron chi connectivity index (χ1n) is 13.3. The highest BCUT2D eigenvalue weighted by Gasteiger charge is 2.45. The number of alkyl halides is 2. The Morgan fingerprint density at radius 2 is 1.81 bits per heavy atom. The Kier molecular flexibility index (Phi) is 7.86. The molecular formula is C29H29F2N5O5S2. The largest absolute Gasteiger partial charge is 0.384 e. The van der Waals surface area contributed by atoms with Crippen LogP contribution in [0.1, 0.15) is 51.3 Å². The summed E-state index contributed by atoms with van der Waals surface area (Å²) >= 11 is 1.29. The van der Waals surface area contributed by atoms with Crippen molar-refractivity contribution in [2.45, 2.75) is 36.6 Å². The van der Waals surface area contributed by atoms with E-state index in [1.54, 1.807) is 30.5 Å². The van der Waals surface area contributed by atoms with Crippen LogP contribution in [0.25, 0.3) is 11.1 Å². The van der Waals surface area contributed by atoms with E-state index in [2.05, 4.69) is 10.6 Å². The number of fused-ring (bicyclic) bond motifs is 3. The van der Waals surface area contributed by atoms with Crippen molar-refractivity contribution >= 4 is 44.7 Å². The lowest BCUT2D eigenvalue weighted by Gasteiger charge is -2.25. The predicted octanol–water partition coefficient (Wildman–Crippen LogP) is 2.77. The maximum atomic E-state index is 14.9. The van der Waals surface area contributed by atoms with Crippen LogP contribution < -0.4 is 16.4 Å². The third-order valence-corrected chi connectivity index (χ3v) is 10.5. The molecule has 1 aromatic heterocycles. The predicted molar refractivity (Wildman–Crippen MR) is 158 cm³/mol. The SMILES string of the molecule is C[C@@H](NC(=O)[C@@H]1C[C@@H](S(C)(=O)=O)CN1C(=O)CNC(=O)c1ccc2c(c1)-c1ccccc1C2(F)F)c1cc(C(=N)N)cs1. The van der Waals surface area contributed by atoms with Crippen LogP contribution >= 0.6 is 11.3 Å².